The van der Waals surface area contributed by atoms with Crippen LogP contribution in [-0.4, -0.2) is 28.0 Å². The van der Waals surface area contributed by atoms with Crippen LogP contribution >= 0.6 is 0 Å². The number of nitro groups is 1. The van der Waals surface area contributed by atoms with Gasteiger partial charge in [-0.3, -0.25) is 14.9 Å². The Bertz CT molecular complexity index is 1190. The number of nitrogens with zero attached hydrogens (tertiary/aromatic N) is 2. The van der Waals surface area contributed by atoms with E-state index in [2.05, 4.69) is 5.32 Å². The van der Waals surface area contributed by atoms with Crippen molar-refractivity contribution in [2.45, 2.75) is 27.3 Å². The second-order valence-electron chi connectivity index (χ2n) is 7.10. The monoisotopic (exact) mass is 439 g/mol. The number of carbonyl (C=O) groups is 2. The molecule has 0 fully saturated rings. The summed E-state index contributed by atoms with van der Waals surface area (Å²) >= 11 is 0. The van der Waals surface area contributed by atoms with Crippen LogP contribution in [0.5, 0.6) is 0 Å². The number of amides is 1. The maximum absolute atomic E-state index is 13.6. The first-order chi connectivity index (χ1) is 15.2. The van der Waals surface area contributed by atoms with Crippen molar-refractivity contribution in [2.75, 3.05) is 11.9 Å². The number of hydrogen-bond donors (Lipinski definition) is 1. The van der Waals surface area contributed by atoms with Gasteiger partial charge in [-0.25, -0.2) is 4.79 Å². The molecule has 0 unspecified atom stereocenters. The lowest BCUT2D eigenvalue weighted by molar-refractivity contribution is -0.387. The number of carbonyl (C=O) groups excluding carboxylic acids is 2. The number of esters is 1. The van der Waals surface area contributed by atoms with Gasteiger partial charge >= 0.3 is 11.7 Å². The Morgan fingerprint density at radius 2 is 1.84 bits per heavy atom. The van der Waals surface area contributed by atoms with E-state index in [1.54, 1.807) is 25.3 Å². The first kappa shape index (κ1) is 22.7. The average Bonchev–Trinajstić information content (AvgIpc) is 2.99. The Morgan fingerprint density at radius 1 is 1.16 bits per heavy atom. The fourth-order valence-electron chi connectivity index (χ4n) is 3.58. The predicted molar refractivity (Wildman–Crippen MR) is 116 cm³/mol. The minimum atomic E-state index is -1.00. The van der Waals surface area contributed by atoms with Crippen LogP contribution in [0.2, 0.25) is 0 Å². The Kier molecular flexibility index (Phi) is 6.67. The number of aromatic nitrogens is 1. The van der Waals surface area contributed by atoms with Gasteiger partial charge in [-0.15, -0.1) is 0 Å². The molecule has 0 saturated heterocycles. The molecule has 0 bridgehead atoms. The number of anilines is 1. The van der Waals surface area contributed by atoms with Crippen molar-refractivity contribution in [1.29, 1.82) is 0 Å². The van der Waals surface area contributed by atoms with E-state index in [4.69, 9.17) is 4.74 Å². The maximum atomic E-state index is 13.6. The van der Waals surface area contributed by atoms with Crippen molar-refractivity contribution in [2.24, 2.45) is 0 Å². The Hall–Kier alpha value is -4.01. The van der Waals surface area contributed by atoms with Crippen molar-refractivity contribution >= 4 is 23.3 Å². The van der Waals surface area contributed by atoms with Gasteiger partial charge in [0.15, 0.2) is 0 Å². The average molecular weight is 439 g/mol. The summed E-state index contributed by atoms with van der Waals surface area (Å²) < 4.78 is 20.5. The third-order valence-corrected chi connectivity index (χ3v) is 5.05. The van der Waals surface area contributed by atoms with Crippen molar-refractivity contribution < 1.29 is 23.6 Å². The molecule has 0 aliphatic heterocycles. The molecule has 2 aromatic carbocycles. The summed E-state index contributed by atoms with van der Waals surface area (Å²) in [6.45, 7) is 5.56. The number of rotatable bonds is 7. The zero-order valence-electron chi connectivity index (χ0n) is 17.8. The van der Waals surface area contributed by atoms with Crippen molar-refractivity contribution in [1.82, 2.24) is 4.57 Å². The van der Waals surface area contributed by atoms with Crippen LogP contribution in [0.3, 0.4) is 0 Å². The first-order valence-electron chi connectivity index (χ1n) is 9.90. The van der Waals surface area contributed by atoms with E-state index in [-0.39, 0.29) is 23.6 Å². The van der Waals surface area contributed by atoms with Crippen LogP contribution in [0.25, 0.3) is 0 Å². The summed E-state index contributed by atoms with van der Waals surface area (Å²) in [5.74, 6) is -2.13. The molecular weight excluding hydrogens is 417 g/mol. The van der Waals surface area contributed by atoms with E-state index in [0.29, 0.717) is 17.8 Å². The third kappa shape index (κ3) is 4.51. The van der Waals surface area contributed by atoms with E-state index in [1.807, 2.05) is 30.3 Å². The van der Waals surface area contributed by atoms with E-state index < -0.39 is 28.3 Å². The molecule has 32 heavy (non-hydrogen) atoms. The maximum Gasteiger partial charge on any atom is 0.355 e. The number of ether oxygens (including phenoxy) is 1. The second kappa shape index (κ2) is 9.42. The van der Waals surface area contributed by atoms with Gasteiger partial charge in [0.1, 0.15) is 5.69 Å². The van der Waals surface area contributed by atoms with Gasteiger partial charge in [0.05, 0.1) is 17.1 Å². The minimum absolute atomic E-state index is 0.0652. The fraction of sp³-hybridized carbons (Fsp3) is 0.217. The molecule has 166 valence electrons. The normalized spacial score (nSPS) is 10.6. The van der Waals surface area contributed by atoms with Crippen LogP contribution in [0.15, 0.2) is 48.5 Å². The summed E-state index contributed by atoms with van der Waals surface area (Å²) in [6.07, 6.45) is 0. The highest BCUT2D eigenvalue weighted by molar-refractivity contribution is 6.08. The molecule has 8 nitrogen and oxygen atoms in total. The molecule has 0 atom stereocenters. The SMILES string of the molecule is CCOC(=O)c1c(C)c(C(=O)Nc2ccc(F)c([N+](=O)[O-])c2)c(C)n1Cc1ccccc1. The molecule has 0 aliphatic rings. The molecule has 1 aromatic heterocycles. The predicted octanol–water partition coefficient (Wildman–Crippen LogP) is 4.63. The van der Waals surface area contributed by atoms with Gasteiger partial charge in [-0.05, 0) is 44.0 Å². The first-order valence-corrected chi connectivity index (χ1v) is 9.90. The highest BCUT2D eigenvalue weighted by Gasteiger charge is 2.28. The van der Waals surface area contributed by atoms with Crippen molar-refractivity contribution in [3.63, 3.8) is 0 Å². The van der Waals surface area contributed by atoms with E-state index >= 15 is 0 Å². The molecule has 0 saturated carbocycles. The molecule has 1 amide bonds. The Morgan fingerprint density at radius 3 is 2.47 bits per heavy atom. The highest BCUT2D eigenvalue weighted by Crippen LogP contribution is 2.27. The summed E-state index contributed by atoms with van der Waals surface area (Å²) in [6, 6.07) is 12.5. The van der Waals surface area contributed by atoms with Crippen LogP contribution in [0.1, 0.15) is 44.6 Å². The zero-order chi connectivity index (χ0) is 23.4. The number of halogens is 1. The molecule has 0 spiro atoms. The molecule has 3 rings (SSSR count). The van der Waals surface area contributed by atoms with Crippen LogP contribution in [0.4, 0.5) is 15.8 Å². The lowest BCUT2D eigenvalue weighted by atomic mass is 10.1. The highest BCUT2D eigenvalue weighted by atomic mass is 19.1. The van der Waals surface area contributed by atoms with E-state index in [9.17, 15) is 24.1 Å². The standard InChI is InChI=1S/C23H22FN3O5/c1-4-32-23(29)21-14(2)20(15(3)26(21)13-16-8-6-5-7-9-16)22(28)25-17-10-11-18(24)19(12-17)27(30)31/h5-12H,4,13H2,1-3H3,(H,25,28). The van der Waals surface area contributed by atoms with Crippen molar-refractivity contribution in [3.05, 3.63) is 92.5 Å². The Labute approximate surface area is 183 Å². The van der Waals surface area contributed by atoms with Gasteiger partial charge in [-0.2, -0.15) is 4.39 Å². The smallest absolute Gasteiger partial charge is 0.355 e. The number of hydrogen-bond acceptors (Lipinski definition) is 5. The third-order valence-electron chi connectivity index (χ3n) is 5.05. The summed E-state index contributed by atoms with van der Waals surface area (Å²) in [7, 11) is 0. The molecule has 9 heteroatoms. The number of nitrogens with one attached hydrogen (secondary N) is 1. The van der Waals surface area contributed by atoms with Crippen molar-refractivity contribution in [3.8, 4) is 0 Å². The van der Waals surface area contributed by atoms with Gasteiger partial charge in [0, 0.05) is 24.0 Å². The summed E-state index contributed by atoms with van der Waals surface area (Å²) in [4.78, 5) is 35.9. The Balaban J connectivity index is 2.03. The fourth-order valence-corrected chi connectivity index (χ4v) is 3.58. The summed E-state index contributed by atoms with van der Waals surface area (Å²) in [5, 5.41) is 13.6. The van der Waals surface area contributed by atoms with E-state index in [0.717, 1.165) is 17.7 Å². The molecule has 0 aliphatic carbocycles. The zero-order valence-corrected chi connectivity index (χ0v) is 17.8. The lowest BCUT2D eigenvalue weighted by Gasteiger charge is -2.12. The minimum Gasteiger partial charge on any atom is -0.461 e. The van der Waals surface area contributed by atoms with E-state index in [1.165, 1.54) is 6.07 Å². The van der Waals surface area contributed by atoms with Crippen LogP contribution < -0.4 is 5.32 Å². The lowest BCUT2D eigenvalue weighted by Crippen LogP contribution is -2.15. The van der Waals surface area contributed by atoms with Crippen LogP contribution in [-0.2, 0) is 11.3 Å². The molecule has 0 radical (unpaired) electrons. The molecule has 1 N–H and O–H groups in total. The molecule has 1 heterocycles. The largest absolute Gasteiger partial charge is 0.461 e. The molecular formula is C23H22FN3O5. The van der Waals surface area contributed by atoms with Gasteiger partial charge in [-0.1, -0.05) is 30.3 Å². The van der Waals surface area contributed by atoms with Gasteiger partial charge in [0.2, 0.25) is 5.82 Å². The molecule has 3 aromatic rings. The number of nitro benzene ring substituents is 1. The second-order valence-corrected chi connectivity index (χ2v) is 7.10. The van der Waals surface area contributed by atoms with Gasteiger partial charge in [0.25, 0.3) is 5.91 Å². The van der Waals surface area contributed by atoms with Gasteiger partial charge < -0.3 is 14.6 Å². The summed E-state index contributed by atoms with van der Waals surface area (Å²) in [5.41, 5.74) is 1.70. The van der Waals surface area contributed by atoms with Crippen LogP contribution in [0, 0.1) is 29.8 Å². The topological polar surface area (TPSA) is 103 Å². The quantitative estimate of drug-likeness (QED) is 0.328. The number of benzene rings is 2.